The third-order valence-corrected chi connectivity index (χ3v) is 5.35. The first-order valence-electron chi connectivity index (χ1n) is 8.53. The minimum atomic E-state index is -0.266. The van der Waals surface area contributed by atoms with E-state index >= 15 is 0 Å². The monoisotopic (exact) mass is 311 g/mol. The van der Waals surface area contributed by atoms with E-state index in [0.717, 1.165) is 19.4 Å². The van der Waals surface area contributed by atoms with Crippen molar-refractivity contribution in [3.8, 4) is 0 Å². The zero-order chi connectivity index (χ0) is 15.8. The number of pyridine rings is 1. The maximum Gasteiger partial charge on any atom is 0.270 e. The summed E-state index contributed by atoms with van der Waals surface area (Å²) in [6.07, 6.45) is 10.2. The van der Waals surface area contributed by atoms with Crippen LogP contribution in [0.4, 0.5) is 0 Å². The number of amides is 1. The van der Waals surface area contributed by atoms with Crippen molar-refractivity contribution in [3.05, 3.63) is 46.5 Å². The van der Waals surface area contributed by atoms with Crippen LogP contribution in [0.25, 0.3) is 5.65 Å². The van der Waals surface area contributed by atoms with Gasteiger partial charge in [0.15, 0.2) is 0 Å². The lowest BCUT2D eigenvalue weighted by molar-refractivity contribution is 0.0686. The maximum absolute atomic E-state index is 13.0. The Labute approximate surface area is 135 Å². The Bertz CT molecular complexity index is 792. The van der Waals surface area contributed by atoms with E-state index < -0.39 is 0 Å². The van der Waals surface area contributed by atoms with Crippen molar-refractivity contribution in [2.24, 2.45) is 5.92 Å². The molecule has 2 aromatic heterocycles. The lowest BCUT2D eigenvalue weighted by Gasteiger charge is -2.29. The number of hydrogen-bond acceptors (Lipinski definition) is 3. The van der Waals surface area contributed by atoms with Crippen molar-refractivity contribution in [1.29, 1.82) is 0 Å². The largest absolute Gasteiger partial charge is 0.335 e. The summed E-state index contributed by atoms with van der Waals surface area (Å²) in [5, 5.41) is 0. The fourth-order valence-corrected chi connectivity index (χ4v) is 4.21. The summed E-state index contributed by atoms with van der Waals surface area (Å²) in [6.45, 7) is 0.761. The molecule has 4 rings (SSSR count). The van der Waals surface area contributed by atoms with Gasteiger partial charge in [0.05, 0.1) is 0 Å². The van der Waals surface area contributed by atoms with Crippen LogP contribution in [0.15, 0.2) is 35.4 Å². The Morgan fingerprint density at radius 2 is 1.96 bits per heavy atom. The van der Waals surface area contributed by atoms with Gasteiger partial charge in [0.25, 0.3) is 11.5 Å². The van der Waals surface area contributed by atoms with Crippen LogP contribution in [0, 0.1) is 5.92 Å². The van der Waals surface area contributed by atoms with Gasteiger partial charge < -0.3 is 4.90 Å². The smallest absolute Gasteiger partial charge is 0.270 e. The summed E-state index contributed by atoms with van der Waals surface area (Å²) in [5.41, 5.74) is 0.499. The van der Waals surface area contributed by atoms with E-state index in [2.05, 4.69) is 4.98 Å². The predicted molar refractivity (Wildman–Crippen MR) is 87.5 cm³/mol. The molecule has 120 valence electrons. The Morgan fingerprint density at radius 3 is 2.78 bits per heavy atom. The maximum atomic E-state index is 13.0. The average molecular weight is 311 g/mol. The molecule has 1 amide bonds. The Balaban J connectivity index is 1.68. The predicted octanol–water partition coefficient (Wildman–Crippen LogP) is 2.49. The highest BCUT2D eigenvalue weighted by Gasteiger charge is 2.37. The number of rotatable bonds is 2. The van der Waals surface area contributed by atoms with Crippen LogP contribution in [0.5, 0.6) is 0 Å². The quantitative estimate of drug-likeness (QED) is 0.856. The second kappa shape index (κ2) is 5.80. The summed E-state index contributed by atoms with van der Waals surface area (Å²) in [4.78, 5) is 31.8. The fourth-order valence-electron chi connectivity index (χ4n) is 4.21. The minimum Gasteiger partial charge on any atom is -0.335 e. The molecule has 1 aliphatic carbocycles. The van der Waals surface area contributed by atoms with Gasteiger partial charge in [0, 0.05) is 25.0 Å². The Morgan fingerprint density at radius 1 is 1.13 bits per heavy atom. The summed E-state index contributed by atoms with van der Waals surface area (Å²) in [6, 6.07) is 5.69. The molecular formula is C18H21N3O2. The number of nitrogens with zero attached hydrogens (tertiary/aromatic N) is 3. The van der Waals surface area contributed by atoms with Crippen LogP contribution in [0.1, 0.15) is 48.9 Å². The molecule has 0 bridgehead atoms. The third-order valence-electron chi connectivity index (χ3n) is 5.35. The molecule has 1 saturated heterocycles. The lowest BCUT2D eigenvalue weighted by Crippen LogP contribution is -2.42. The summed E-state index contributed by atoms with van der Waals surface area (Å²) in [5.74, 6) is 0.466. The Hall–Kier alpha value is -2.17. The minimum absolute atomic E-state index is 0.143. The standard InChI is InChI=1S/C18H21N3O2/c22-17(20-11-5-8-15(20)13-6-1-2-7-13)14-12-19-16-9-3-4-10-21(16)18(14)23/h3-4,9-10,12-13,15H,1-2,5-8,11H2. The molecule has 5 nitrogen and oxygen atoms in total. The molecular weight excluding hydrogens is 290 g/mol. The van der Waals surface area contributed by atoms with Crippen molar-refractivity contribution in [2.75, 3.05) is 6.54 Å². The second-order valence-electron chi connectivity index (χ2n) is 6.66. The van der Waals surface area contributed by atoms with E-state index in [-0.39, 0.29) is 17.0 Å². The molecule has 1 aliphatic heterocycles. The van der Waals surface area contributed by atoms with Gasteiger partial charge in [-0.2, -0.15) is 0 Å². The van der Waals surface area contributed by atoms with Crippen LogP contribution >= 0.6 is 0 Å². The van der Waals surface area contributed by atoms with Gasteiger partial charge in [0.2, 0.25) is 0 Å². The highest BCUT2D eigenvalue weighted by Crippen LogP contribution is 2.35. The van der Waals surface area contributed by atoms with Crippen molar-refractivity contribution in [2.45, 2.75) is 44.6 Å². The van der Waals surface area contributed by atoms with Crippen molar-refractivity contribution >= 4 is 11.6 Å². The van der Waals surface area contributed by atoms with Gasteiger partial charge >= 0.3 is 0 Å². The molecule has 5 heteroatoms. The van der Waals surface area contributed by atoms with Crippen LogP contribution in [-0.2, 0) is 0 Å². The van der Waals surface area contributed by atoms with E-state index in [1.54, 1.807) is 18.3 Å². The Kier molecular flexibility index (Phi) is 3.63. The number of likely N-dealkylation sites (tertiary alicyclic amines) is 1. The number of carbonyl (C=O) groups excluding carboxylic acids is 1. The molecule has 1 atom stereocenters. The molecule has 1 saturated carbocycles. The average Bonchev–Trinajstić information content (AvgIpc) is 3.26. The fraction of sp³-hybridized carbons (Fsp3) is 0.500. The first kappa shape index (κ1) is 14.4. The van der Waals surface area contributed by atoms with E-state index in [1.807, 2.05) is 11.0 Å². The number of carbonyl (C=O) groups is 1. The third kappa shape index (κ3) is 2.44. The summed E-state index contributed by atoms with van der Waals surface area (Å²) < 4.78 is 1.45. The molecule has 2 fully saturated rings. The van der Waals surface area contributed by atoms with Crippen LogP contribution in [-0.4, -0.2) is 32.8 Å². The molecule has 0 aromatic carbocycles. The summed E-state index contributed by atoms with van der Waals surface area (Å²) in [7, 11) is 0. The highest BCUT2D eigenvalue weighted by molar-refractivity contribution is 5.94. The van der Waals surface area contributed by atoms with Crippen molar-refractivity contribution in [1.82, 2.24) is 14.3 Å². The molecule has 0 spiro atoms. The normalized spacial score (nSPS) is 22.1. The molecule has 23 heavy (non-hydrogen) atoms. The zero-order valence-corrected chi connectivity index (χ0v) is 13.1. The van der Waals surface area contributed by atoms with E-state index in [9.17, 15) is 9.59 Å². The van der Waals surface area contributed by atoms with Gasteiger partial charge in [-0.05, 0) is 43.7 Å². The summed E-state index contributed by atoms with van der Waals surface area (Å²) >= 11 is 0. The number of fused-ring (bicyclic) bond motifs is 1. The molecule has 0 N–H and O–H groups in total. The molecule has 2 aliphatic rings. The molecule has 0 radical (unpaired) electrons. The van der Waals surface area contributed by atoms with E-state index in [1.165, 1.54) is 36.3 Å². The van der Waals surface area contributed by atoms with Gasteiger partial charge in [-0.15, -0.1) is 0 Å². The van der Waals surface area contributed by atoms with Gasteiger partial charge in [-0.3, -0.25) is 14.0 Å². The van der Waals surface area contributed by atoms with Crippen molar-refractivity contribution in [3.63, 3.8) is 0 Å². The van der Waals surface area contributed by atoms with E-state index in [0.29, 0.717) is 17.6 Å². The molecule has 2 aromatic rings. The molecule has 1 unspecified atom stereocenters. The topological polar surface area (TPSA) is 54.7 Å². The van der Waals surface area contributed by atoms with Crippen LogP contribution < -0.4 is 5.56 Å². The van der Waals surface area contributed by atoms with Gasteiger partial charge in [-0.25, -0.2) is 4.98 Å². The second-order valence-corrected chi connectivity index (χ2v) is 6.66. The first-order valence-corrected chi connectivity index (χ1v) is 8.53. The lowest BCUT2D eigenvalue weighted by atomic mass is 9.96. The highest BCUT2D eigenvalue weighted by atomic mass is 16.2. The van der Waals surface area contributed by atoms with Crippen LogP contribution in [0.2, 0.25) is 0 Å². The van der Waals surface area contributed by atoms with Crippen LogP contribution in [0.3, 0.4) is 0 Å². The van der Waals surface area contributed by atoms with Gasteiger partial charge in [0.1, 0.15) is 11.2 Å². The SMILES string of the molecule is O=C(c1cnc2ccccn2c1=O)N1CCCC1C1CCCC1. The number of aromatic nitrogens is 2. The number of hydrogen-bond donors (Lipinski definition) is 0. The molecule has 3 heterocycles. The van der Waals surface area contributed by atoms with E-state index in [4.69, 9.17) is 0 Å². The van der Waals surface area contributed by atoms with Crippen molar-refractivity contribution < 1.29 is 4.79 Å². The zero-order valence-electron chi connectivity index (χ0n) is 13.1. The van der Waals surface area contributed by atoms with Gasteiger partial charge in [-0.1, -0.05) is 18.9 Å². The first-order chi connectivity index (χ1) is 11.3.